The Kier molecular flexibility index (Phi) is 5.71. The predicted octanol–water partition coefficient (Wildman–Crippen LogP) is -0.879. The molecule has 2 N–H and O–H groups in total. The number of sulfonamides is 1. The van der Waals surface area contributed by atoms with Crippen LogP contribution in [0.25, 0.3) is 0 Å². The lowest BCUT2D eigenvalue weighted by atomic mass is 10.3. The summed E-state index contributed by atoms with van der Waals surface area (Å²) >= 11 is 0. The number of rotatable bonds is 7. The van der Waals surface area contributed by atoms with Gasteiger partial charge in [-0.3, -0.25) is 4.79 Å². The van der Waals surface area contributed by atoms with Gasteiger partial charge in [-0.05, 0) is 0 Å². The zero-order chi connectivity index (χ0) is 15.1. The smallest absolute Gasteiger partial charge is 0.221 e. The Labute approximate surface area is 123 Å². The summed E-state index contributed by atoms with van der Waals surface area (Å²) in [5.41, 5.74) is 0.927. The van der Waals surface area contributed by atoms with Crippen LogP contribution in [0.4, 0.5) is 0 Å². The van der Waals surface area contributed by atoms with Crippen LogP contribution in [0.2, 0.25) is 0 Å². The highest BCUT2D eigenvalue weighted by Crippen LogP contribution is 2.06. The molecule has 21 heavy (non-hydrogen) atoms. The summed E-state index contributed by atoms with van der Waals surface area (Å²) in [6, 6.07) is 0. The van der Waals surface area contributed by atoms with Gasteiger partial charge in [-0.2, -0.15) is 4.31 Å². The summed E-state index contributed by atoms with van der Waals surface area (Å²) < 4.78 is 30.6. The maximum Gasteiger partial charge on any atom is 0.221 e. The average molecular weight is 316 g/mol. The van der Waals surface area contributed by atoms with Crippen molar-refractivity contribution in [3.63, 3.8) is 0 Å². The Balaban J connectivity index is 1.67. The van der Waals surface area contributed by atoms with Crippen molar-refractivity contribution < 1.29 is 17.9 Å². The third-order valence-corrected chi connectivity index (χ3v) is 5.09. The molecule has 0 unspecified atom stereocenters. The van der Waals surface area contributed by atoms with Crippen molar-refractivity contribution in [3.05, 3.63) is 18.2 Å². The van der Waals surface area contributed by atoms with Crippen molar-refractivity contribution in [2.75, 3.05) is 38.6 Å². The molecule has 0 spiro atoms. The zero-order valence-corrected chi connectivity index (χ0v) is 12.6. The number of hydrogen-bond donors (Lipinski definition) is 2. The quantitative estimate of drug-likeness (QED) is 0.680. The minimum Gasteiger partial charge on any atom is -0.379 e. The Morgan fingerprint density at radius 3 is 2.86 bits per heavy atom. The number of carbonyl (C=O) groups is 1. The highest BCUT2D eigenvalue weighted by Gasteiger charge is 2.24. The van der Waals surface area contributed by atoms with E-state index in [0.29, 0.717) is 39.3 Å². The number of H-pyrrole nitrogens is 1. The van der Waals surface area contributed by atoms with Crippen LogP contribution >= 0.6 is 0 Å². The summed E-state index contributed by atoms with van der Waals surface area (Å²) in [5.74, 6) is -0.422. The lowest BCUT2D eigenvalue weighted by Gasteiger charge is -2.25. The Bertz CT molecular complexity index is 538. The van der Waals surface area contributed by atoms with Crippen molar-refractivity contribution in [1.82, 2.24) is 19.6 Å². The minimum absolute atomic E-state index is 0.0251. The van der Waals surface area contributed by atoms with Crippen LogP contribution < -0.4 is 5.32 Å². The summed E-state index contributed by atoms with van der Waals surface area (Å²) in [6.07, 6.45) is 3.88. The molecule has 0 saturated carbocycles. The van der Waals surface area contributed by atoms with E-state index in [1.807, 2.05) is 0 Å². The van der Waals surface area contributed by atoms with Crippen LogP contribution in [-0.4, -0.2) is 67.2 Å². The number of nitrogens with one attached hydrogen (secondary N) is 2. The molecule has 0 aromatic carbocycles. The minimum atomic E-state index is -3.37. The second kappa shape index (κ2) is 7.53. The van der Waals surface area contributed by atoms with Crippen LogP contribution in [0.15, 0.2) is 12.5 Å². The summed E-state index contributed by atoms with van der Waals surface area (Å²) in [7, 11) is -3.37. The molecule has 8 nitrogen and oxygen atoms in total. The van der Waals surface area contributed by atoms with Gasteiger partial charge in [0.15, 0.2) is 0 Å². The second-order valence-electron chi connectivity index (χ2n) is 4.75. The Morgan fingerprint density at radius 1 is 1.43 bits per heavy atom. The summed E-state index contributed by atoms with van der Waals surface area (Å²) in [4.78, 5) is 18.5. The molecule has 0 atom stereocenters. The van der Waals surface area contributed by atoms with Crippen molar-refractivity contribution in [2.45, 2.75) is 12.8 Å². The fourth-order valence-electron chi connectivity index (χ4n) is 2.02. The monoisotopic (exact) mass is 316 g/mol. The van der Waals surface area contributed by atoms with Crippen molar-refractivity contribution in [2.24, 2.45) is 0 Å². The molecule has 0 radical (unpaired) electrons. The van der Waals surface area contributed by atoms with Gasteiger partial charge in [0, 0.05) is 44.4 Å². The maximum atomic E-state index is 12.0. The number of morpholine rings is 1. The van der Waals surface area contributed by atoms with Crippen LogP contribution in [0.3, 0.4) is 0 Å². The lowest BCUT2D eigenvalue weighted by Crippen LogP contribution is -2.42. The highest BCUT2D eigenvalue weighted by molar-refractivity contribution is 7.89. The molecule has 118 valence electrons. The first-order chi connectivity index (χ1) is 10.1. The lowest BCUT2D eigenvalue weighted by molar-refractivity contribution is -0.120. The molecule has 2 heterocycles. The van der Waals surface area contributed by atoms with Gasteiger partial charge in [0.1, 0.15) is 0 Å². The number of amides is 1. The van der Waals surface area contributed by atoms with Gasteiger partial charge in [0.05, 0.1) is 25.3 Å². The molecular weight excluding hydrogens is 296 g/mol. The van der Waals surface area contributed by atoms with Gasteiger partial charge in [-0.1, -0.05) is 0 Å². The van der Waals surface area contributed by atoms with Gasteiger partial charge in [-0.15, -0.1) is 0 Å². The molecule has 1 aromatic heterocycles. The van der Waals surface area contributed by atoms with E-state index in [2.05, 4.69) is 15.3 Å². The molecule has 1 aromatic rings. The predicted molar refractivity (Wildman–Crippen MR) is 76.1 cm³/mol. The molecule has 2 rings (SSSR count). The van der Waals surface area contributed by atoms with E-state index in [4.69, 9.17) is 4.74 Å². The van der Waals surface area contributed by atoms with E-state index in [1.165, 1.54) is 4.31 Å². The molecule has 0 aliphatic carbocycles. The highest BCUT2D eigenvalue weighted by atomic mass is 32.2. The molecule has 1 amide bonds. The first kappa shape index (κ1) is 15.9. The van der Waals surface area contributed by atoms with Gasteiger partial charge in [0.2, 0.25) is 15.9 Å². The van der Waals surface area contributed by atoms with E-state index >= 15 is 0 Å². The van der Waals surface area contributed by atoms with Gasteiger partial charge in [-0.25, -0.2) is 13.4 Å². The third-order valence-electron chi connectivity index (χ3n) is 3.22. The number of aromatic nitrogens is 2. The number of aromatic amines is 1. The number of ether oxygens (including phenoxy) is 1. The first-order valence-corrected chi connectivity index (χ1v) is 8.48. The number of carbonyl (C=O) groups excluding carboxylic acids is 1. The Morgan fingerprint density at radius 2 is 2.19 bits per heavy atom. The van der Waals surface area contributed by atoms with Crippen LogP contribution in [0.1, 0.15) is 12.1 Å². The molecule has 0 bridgehead atoms. The van der Waals surface area contributed by atoms with E-state index < -0.39 is 10.0 Å². The van der Waals surface area contributed by atoms with Crippen molar-refractivity contribution in [1.29, 1.82) is 0 Å². The molecule has 1 fully saturated rings. The van der Waals surface area contributed by atoms with Gasteiger partial charge >= 0.3 is 0 Å². The molecule has 1 saturated heterocycles. The zero-order valence-electron chi connectivity index (χ0n) is 11.7. The first-order valence-electron chi connectivity index (χ1n) is 6.87. The SMILES string of the molecule is O=C(CCS(=O)(=O)N1CCOCC1)NCCc1cnc[nH]1. The molecule has 9 heteroatoms. The third kappa shape index (κ3) is 5.10. The van der Waals surface area contributed by atoms with E-state index in [-0.39, 0.29) is 18.1 Å². The number of nitrogens with zero attached hydrogens (tertiary/aromatic N) is 2. The molecular formula is C12H20N4O4S. The fourth-order valence-corrected chi connectivity index (χ4v) is 3.43. The largest absolute Gasteiger partial charge is 0.379 e. The average Bonchev–Trinajstić information content (AvgIpc) is 2.99. The Hall–Kier alpha value is -1.45. The maximum absolute atomic E-state index is 12.0. The number of hydrogen-bond acceptors (Lipinski definition) is 5. The summed E-state index contributed by atoms with van der Waals surface area (Å²) in [5, 5.41) is 2.70. The van der Waals surface area contributed by atoms with E-state index in [0.717, 1.165) is 5.69 Å². The summed E-state index contributed by atoms with van der Waals surface area (Å²) in [6.45, 7) is 2.01. The number of imidazole rings is 1. The fraction of sp³-hybridized carbons (Fsp3) is 0.667. The molecule has 1 aliphatic heterocycles. The van der Waals surface area contributed by atoms with Crippen LogP contribution in [-0.2, 0) is 26.0 Å². The van der Waals surface area contributed by atoms with Gasteiger partial charge < -0.3 is 15.0 Å². The van der Waals surface area contributed by atoms with Crippen LogP contribution in [0, 0.1) is 0 Å². The van der Waals surface area contributed by atoms with E-state index in [9.17, 15) is 13.2 Å². The normalized spacial score (nSPS) is 16.8. The molecule has 1 aliphatic rings. The second-order valence-corrected chi connectivity index (χ2v) is 6.84. The topological polar surface area (TPSA) is 104 Å². The van der Waals surface area contributed by atoms with E-state index in [1.54, 1.807) is 12.5 Å². The van der Waals surface area contributed by atoms with Crippen molar-refractivity contribution in [3.8, 4) is 0 Å². The van der Waals surface area contributed by atoms with Crippen LogP contribution in [0.5, 0.6) is 0 Å². The standard InChI is InChI=1S/C12H20N4O4S/c17-12(14-3-1-11-9-13-10-15-11)2-8-21(18,19)16-4-6-20-7-5-16/h9-10H,1-8H2,(H,13,15)(H,14,17). The van der Waals surface area contributed by atoms with Crippen molar-refractivity contribution >= 4 is 15.9 Å². The van der Waals surface area contributed by atoms with Gasteiger partial charge in [0.25, 0.3) is 0 Å².